The molecule has 0 radical (unpaired) electrons. The van der Waals surface area contributed by atoms with E-state index in [2.05, 4.69) is 10.6 Å². The number of methoxy groups -OCH3 is 1. The van der Waals surface area contributed by atoms with Crippen LogP contribution in [0.15, 0.2) is 0 Å². The van der Waals surface area contributed by atoms with Crippen molar-refractivity contribution in [1.82, 2.24) is 10.6 Å². The molecule has 0 aromatic carbocycles. The van der Waals surface area contributed by atoms with Gasteiger partial charge in [0.05, 0.1) is 65.2 Å². The Morgan fingerprint density at radius 2 is 1.20 bits per heavy atom. The van der Waals surface area contributed by atoms with Crippen molar-refractivity contribution in [2.75, 3.05) is 104 Å². The van der Waals surface area contributed by atoms with Gasteiger partial charge in [-0.15, -0.1) is 0 Å². The van der Waals surface area contributed by atoms with Crippen LogP contribution in [-0.2, 0) is 42.4 Å². The van der Waals surface area contributed by atoms with E-state index in [1.54, 1.807) is 18.9 Å². The Balaban J connectivity index is 3.23. The van der Waals surface area contributed by atoms with Crippen molar-refractivity contribution in [3.63, 3.8) is 0 Å². The van der Waals surface area contributed by atoms with Crippen molar-refractivity contribution in [3.05, 3.63) is 0 Å². The van der Waals surface area contributed by atoms with E-state index in [1.165, 1.54) is 19.5 Å². The van der Waals surface area contributed by atoms with Gasteiger partial charge < -0.3 is 43.7 Å². The van der Waals surface area contributed by atoms with E-state index in [1.807, 2.05) is 0 Å². The molecule has 0 aliphatic rings. The van der Waals surface area contributed by atoms with Gasteiger partial charge in [-0.05, 0) is 31.4 Å². The predicted octanol–water partition coefficient (Wildman–Crippen LogP) is 3.01. The summed E-state index contributed by atoms with van der Waals surface area (Å²) in [5.74, 6) is 1.49. The zero-order valence-corrected chi connectivity index (χ0v) is 27.0. The molecule has 0 bridgehead atoms. The molecule has 244 valence electrons. The fraction of sp³-hybridized carbons (Fsp3) is 0.926. The average molecular weight is 631 g/mol. The van der Waals surface area contributed by atoms with Crippen LogP contribution in [0.3, 0.4) is 0 Å². The van der Waals surface area contributed by atoms with Gasteiger partial charge >= 0.3 is 7.60 Å². The number of unbranched alkanes of at least 4 members (excludes halogenated alkanes) is 6. The number of carbonyl (C=O) groups excluding carboxylic acids is 2. The maximum atomic E-state index is 11.8. The quantitative estimate of drug-likeness (QED) is 0.0743. The van der Waals surface area contributed by atoms with Crippen molar-refractivity contribution in [1.29, 1.82) is 0 Å². The van der Waals surface area contributed by atoms with Gasteiger partial charge in [-0.25, -0.2) is 0 Å². The average Bonchev–Trinajstić information content (AvgIpc) is 2.93. The topological polar surface area (TPSA) is 151 Å². The molecule has 0 aliphatic carbocycles. The molecule has 0 rings (SSSR count). The van der Waals surface area contributed by atoms with E-state index < -0.39 is 7.60 Å². The van der Waals surface area contributed by atoms with Gasteiger partial charge in [0.1, 0.15) is 0 Å². The third-order valence-electron chi connectivity index (χ3n) is 5.50. The van der Waals surface area contributed by atoms with E-state index in [4.69, 9.17) is 33.1 Å². The number of amides is 2. The number of hydrogen-bond acceptors (Lipinski definition) is 10. The first kappa shape index (κ1) is 40.2. The van der Waals surface area contributed by atoms with Gasteiger partial charge in [0.2, 0.25) is 11.8 Å². The molecule has 0 aromatic heterocycles. The van der Waals surface area contributed by atoms with Crippen LogP contribution < -0.4 is 10.6 Å². The first-order valence-electron chi connectivity index (χ1n) is 14.7. The van der Waals surface area contributed by atoms with Gasteiger partial charge in [0.25, 0.3) is 0 Å². The Morgan fingerprint density at radius 3 is 1.83 bits per heavy atom. The number of carbonyl (C=O) groups is 2. The minimum Gasteiger partial charge on any atom is -0.385 e. The minimum absolute atomic E-state index is 0.0424. The number of thioether (sulfide) groups is 1. The zero-order valence-electron chi connectivity index (χ0n) is 25.2. The van der Waals surface area contributed by atoms with Gasteiger partial charge in [0.15, 0.2) is 0 Å². The van der Waals surface area contributed by atoms with Crippen molar-refractivity contribution in [2.24, 2.45) is 0 Å². The lowest BCUT2D eigenvalue weighted by Gasteiger charge is -2.09. The highest BCUT2D eigenvalue weighted by Crippen LogP contribution is 2.36. The largest absolute Gasteiger partial charge is 0.385 e. The van der Waals surface area contributed by atoms with Gasteiger partial charge in [-0.2, -0.15) is 11.8 Å². The summed E-state index contributed by atoms with van der Waals surface area (Å²) < 4.78 is 42.6. The summed E-state index contributed by atoms with van der Waals surface area (Å²) in [6, 6.07) is 0. The second-order valence-corrected chi connectivity index (χ2v) is 12.4. The molecule has 3 N–H and O–H groups in total. The van der Waals surface area contributed by atoms with Crippen LogP contribution in [0.25, 0.3) is 0 Å². The summed E-state index contributed by atoms with van der Waals surface area (Å²) in [6.45, 7) is 6.85. The van der Waals surface area contributed by atoms with E-state index in [0.29, 0.717) is 78.1 Å². The molecule has 0 heterocycles. The lowest BCUT2D eigenvalue weighted by molar-refractivity contribution is -0.122. The van der Waals surface area contributed by atoms with Gasteiger partial charge in [0, 0.05) is 39.9 Å². The number of hydrogen-bond donors (Lipinski definition) is 3. The summed E-state index contributed by atoms with van der Waals surface area (Å²) in [6.07, 6.45) is 8.27. The van der Waals surface area contributed by atoms with Gasteiger partial charge in [-0.3, -0.25) is 14.2 Å². The Kier molecular flexibility index (Phi) is 30.1. The lowest BCUT2D eigenvalue weighted by atomic mass is 10.2. The SMILES string of the molecule is COCCCCCCSCC(=O)NCCOCCOCCOCCOCCC(=O)NCCCCCCOP(C)(=O)O. The number of nitrogens with one attached hydrogen (secondary N) is 2. The third-order valence-corrected chi connectivity index (χ3v) is 7.21. The Bertz CT molecular complexity index is 658. The van der Waals surface area contributed by atoms with Crippen LogP contribution in [0.2, 0.25) is 0 Å². The zero-order chi connectivity index (χ0) is 30.3. The first-order chi connectivity index (χ1) is 19.8. The summed E-state index contributed by atoms with van der Waals surface area (Å²) in [5.41, 5.74) is 0. The summed E-state index contributed by atoms with van der Waals surface area (Å²) >= 11 is 1.67. The minimum atomic E-state index is -3.38. The lowest BCUT2D eigenvalue weighted by Crippen LogP contribution is -2.29. The van der Waals surface area contributed by atoms with Gasteiger partial charge in [-0.1, -0.05) is 25.7 Å². The molecule has 0 saturated carbocycles. The monoisotopic (exact) mass is 630 g/mol. The highest BCUT2D eigenvalue weighted by molar-refractivity contribution is 7.99. The van der Waals surface area contributed by atoms with Crippen molar-refractivity contribution in [3.8, 4) is 0 Å². The molecule has 0 spiro atoms. The summed E-state index contributed by atoms with van der Waals surface area (Å²) in [4.78, 5) is 32.6. The smallest absolute Gasteiger partial charge is 0.325 e. The number of rotatable bonds is 32. The van der Waals surface area contributed by atoms with Crippen LogP contribution in [-0.4, -0.2) is 121 Å². The van der Waals surface area contributed by atoms with Crippen LogP contribution in [0.4, 0.5) is 0 Å². The fourth-order valence-corrected chi connectivity index (χ4v) is 4.65. The number of ether oxygens (including phenoxy) is 5. The van der Waals surface area contributed by atoms with E-state index in [9.17, 15) is 14.2 Å². The second-order valence-electron chi connectivity index (χ2n) is 9.41. The van der Waals surface area contributed by atoms with E-state index in [0.717, 1.165) is 50.9 Å². The predicted molar refractivity (Wildman–Crippen MR) is 162 cm³/mol. The van der Waals surface area contributed by atoms with Crippen LogP contribution in [0.1, 0.15) is 57.8 Å². The summed E-state index contributed by atoms with van der Waals surface area (Å²) in [5, 5.41) is 5.71. The molecule has 1 unspecified atom stereocenters. The highest BCUT2D eigenvalue weighted by atomic mass is 32.2. The maximum Gasteiger partial charge on any atom is 0.325 e. The molecule has 41 heavy (non-hydrogen) atoms. The maximum absolute atomic E-state index is 11.8. The van der Waals surface area contributed by atoms with Crippen molar-refractivity contribution in [2.45, 2.75) is 57.8 Å². The van der Waals surface area contributed by atoms with Crippen LogP contribution in [0.5, 0.6) is 0 Å². The van der Waals surface area contributed by atoms with Crippen LogP contribution in [0, 0.1) is 0 Å². The molecule has 0 saturated heterocycles. The molecular formula is C27H55N2O10PS. The molecule has 0 fully saturated rings. The molecule has 14 heteroatoms. The normalized spacial score (nSPS) is 12.8. The second kappa shape index (κ2) is 30.7. The molecule has 2 amide bonds. The third kappa shape index (κ3) is 35.3. The molecule has 12 nitrogen and oxygen atoms in total. The van der Waals surface area contributed by atoms with E-state index in [-0.39, 0.29) is 18.4 Å². The van der Waals surface area contributed by atoms with Crippen molar-refractivity contribution >= 4 is 31.2 Å². The molecular weight excluding hydrogens is 575 g/mol. The fourth-order valence-electron chi connectivity index (χ4n) is 3.34. The highest BCUT2D eigenvalue weighted by Gasteiger charge is 2.08. The Labute approximate surface area is 251 Å². The van der Waals surface area contributed by atoms with E-state index >= 15 is 0 Å². The standard InChI is InChI=1S/C27H55N2O10PS/c1-34-14-8-5-6-10-24-41-25-27(31)29-13-17-36-19-21-38-23-22-37-20-18-35-16-11-26(30)28-12-7-3-4-9-15-39-40(2,32)33/h3-25H2,1-2H3,(H,28,30)(H,29,31)(H,32,33). The molecule has 0 aliphatic heterocycles. The first-order valence-corrected chi connectivity index (χ1v) is 17.9. The van der Waals surface area contributed by atoms with Crippen molar-refractivity contribution < 1.29 is 47.3 Å². The summed E-state index contributed by atoms with van der Waals surface area (Å²) in [7, 11) is -1.65. The molecule has 0 aromatic rings. The molecule has 1 atom stereocenters. The Hall–Kier alpha value is -0.760. The Morgan fingerprint density at radius 1 is 0.659 bits per heavy atom. The van der Waals surface area contributed by atoms with Crippen LogP contribution >= 0.6 is 19.4 Å².